The number of ether oxygens (including phenoxy) is 3. The number of nitrogens with one attached hydrogen (secondary N) is 1. The van der Waals surface area contributed by atoms with Gasteiger partial charge in [0.1, 0.15) is 12.7 Å². The van der Waals surface area contributed by atoms with Crippen molar-refractivity contribution < 1.29 is 19.0 Å². The number of H-pyrrole nitrogens is 1. The lowest BCUT2D eigenvalue weighted by molar-refractivity contribution is 0.0166. The Morgan fingerprint density at radius 1 is 1.26 bits per heavy atom. The fraction of sp³-hybridized carbons (Fsp3) is 0.520. The molecule has 188 valence electrons. The molecule has 0 aliphatic carbocycles. The molecule has 1 unspecified atom stereocenters. The highest BCUT2D eigenvalue weighted by molar-refractivity contribution is 7.97. The van der Waals surface area contributed by atoms with Gasteiger partial charge in [-0.2, -0.15) is 0 Å². The van der Waals surface area contributed by atoms with E-state index in [0.717, 1.165) is 49.7 Å². The molecule has 1 saturated heterocycles. The van der Waals surface area contributed by atoms with Crippen LogP contribution in [0.25, 0.3) is 0 Å². The number of fused-ring (bicyclic) bond motifs is 2. The van der Waals surface area contributed by atoms with E-state index < -0.39 is 0 Å². The van der Waals surface area contributed by atoms with Gasteiger partial charge >= 0.3 is 0 Å². The Kier molecular flexibility index (Phi) is 7.03. The number of piperidine rings is 1. The summed E-state index contributed by atoms with van der Waals surface area (Å²) in [7, 11) is 1.73. The third kappa shape index (κ3) is 4.79. The SMILES string of the molecule is COCCN1CCC(C2COc3c(Cl)cc(C(=O)N4Cc5c(cc(C)[nH]c5=O)S4)c(C)c3O2)CC1. The molecular weight excluding hydrogens is 490 g/mol. The molecule has 1 aromatic carbocycles. The van der Waals surface area contributed by atoms with Crippen LogP contribution in [0.2, 0.25) is 5.02 Å². The summed E-state index contributed by atoms with van der Waals surface area (Å²) >= 11 is 7.83. The molecule has 0 saturated carbocycles. The first kappa shape index (κ1) is 24.5. The van der Waals surface area contributed by atoms with Gasteiger partial charge in [-0.15, -0.1) is 0 Å². The summed E-state index contributed by atoms with van der Waals surface area (Å²) < 4.78 is 19.3. The van der Waals surface area contributed by atoms with Gasteiger partial charge in [-0.1, -0.05) is 11.6 Å². The zero-order chi connectivity index (χ0) is 24.7. The van der Waals surface area contributed by atoms with Crippen LogP contribution in [-0.4, -0.2) is 66.2 Å². The Morgan fingerprint density at radius 2 is 2.03 bits per heavy atom. The summed E-state index contributed by atoms with van der Waals surface area (Å²) in [5.41, 5.74) is 2.38. The van der Waals surface area contributed by atoms with Crippen molar-refractivity contribution in [1.29, 1.82) is 0 Å². The van der Waals surface area contributed by atoms with E-state index in [1.165, 1.54) is 11.9 Å². The van der Waals surface area contributed by atoms with Gasteiger partial charge in [0.2, 0.25) is 0 Å². The maximum atomic E-state index is 13.5. The van der Waals surface area contributed by atoms with Gasteiger partial charge < -0.3 is 24.1 Å². The number of aryl methyl sites for hydroxylation is 1. The molecule has 0 bridgehead atoms. The number of carbonyl (C=O) groups excluding carboxylic acids is 1. The van der Waals surface area contributed by atoms with Crippen LogP contribution in [0.15, 0.2) is 21.8 Å². The molecule has 1 atom stereocenters. The summed E-state index contributed by atoms with van der Waals surface area (Å²) in [6.07, 6.45) is 1.96. The number of likely N-dealkylation sites (tertiary alicyclic amines) is 1. The van der Waals surface area contributed by atoms with E-state index in [9.17, 15) is 9.59 Å². The molecule has 8 nitrogen and oxygen atoms in total. The molecular formula is C25H30ClN3O5S. The van der Waals surface area contributed by atoms with Crippen molar-refractivity contribution in [2.75, 3.05) is 40.0 Å². The molecule has 0 radical (unpaired) electrons. The van der Waals surface area contributed by atoms with Crippen LogP contribution in [0.4, 0.5) is 0 Å². The second kappa shape index (κ2) is 10.0. The zero-order valence-electron chi connectivity index (χ0n) is 20.2. The quantitative estimate of drug-likeness (QED) is 0.601. The molecule has 1 aromatic heterocycles. The largest absolute Gasteiger partial charge is 0.484 e. The fourth-order valence-electron chi connectivity index (χ4n) is 5.01. The maximum Gasteiger partial charge on any atom is 0.264 e. The van der Waals surface area contributed by atoms with Crippen LogP contribution in [-0.2, 0) is 11.3 Å². The lowest BCUT2D eigenvalue weighted by Gasteiger charge is -2.38. The van der Waals surface area contributed by atoms with E-state index in [-0.39, 0.29) is 24.1 Å². The van der Waals surface area contributed by atoms with Crippen molar-refractivity contribution in [3.05, 3.63) is 49.9 Å². The summed E-state index contributed by atoms with van der Waals surface area (Å²) in [5.74, 6) is 1.22. The number of hydrogen-bond donors (Lipinski definition) is 1. The van der Waals surface area contributed by atoms with Crippen LogP contribution < -0.4 is 15.0 Å². The highest BCUT2D eigenvalue weighted by Crippen LogP contribution is 2.45. The van der Waals surface area contributed by atoms with Gasteiger partial charge in [-0.05, 0) is 63.9 Å². The van der Waals surface area contributed by atoms with Crippen molar-refractivity contribution in [1.82, 2.24) is 14.2 Å². The smallest absolute Gasteiger partial charge is 0.264 e. The first-order valence-electron chi connectivity index (χ1n) is 11.9. The molecule has 0 spiro atoms. The van der Waals surface area contributed by atoms with Crippen LogP contribution >= 0.6 is 23.5 Å². The number of aromatic nitrogens is 1. The Balaban J connectivity index is 1.33. The van der Waals surface area contributed by atoms with Crippen LogP contribution in [0.5, 0.6) is 11.5 Å². The van der Waals surface area contributed by atoms with E-state index >= 15 is 0 Å². The van der Waals surface area contributed by atoms with Gasteiger partial charge in [-0.25, -0.2) is 0 Å². The predicted octanol–water partition coefficient (Wildman–Crippen LogP) is 3.81. The number of pyridine rings is 1. The van der Waals surface area contributed by atoms with Crippen LogP contribution in [0, 0.1) is 19.8 Å². The van der Waals surface area contributed by atoms with E-state index in [2.05, 4.69) is 9.88 Å². The minimum Gasteiger partial charge on any atom is -0.484 e. The number of nitrogens with zero attached hydrogens (tertiary/aromatic N) is 2. The second-order valence-electron chi connectivity index (χ2n) is 9.39. The number of rotatable bonds is 5. The second-order valence-corrected chi connectivity index (χ2v) is 10.9. The first-order chi connectivity index (χ1) is 16.9. The normalized spacial score (nSPS) is 20.2. The van der Waals surface area contributed by atoms with Crippen LogP contribution in [0.1, 0.15) is 40.0 Å². The number of hydrogen-bond acceptors (Lipinski definition) is 7. The van der Waals surface area contributed by atoms with Crippen molar-refractivity contribution >= 4 is 29.5 Å². The molecule has 3 aliphatic heterocycles. The van der Waals surface area contributed by atoms with E-state index in [4.69, 9.17) is 25.8 Å². The zero-order valence-corrected chi connectivity index (χ0v) is 21.8. The maximum absolute atomic E-state index is 13.5. The number of carbonyl (C=O) groups is 1. The number of benzene rings is 1. The molecule has 1 amide bonds. The molecule has 35 heavy (non-hydrogen) atoms. The monoisotopic (exact) mass is 519 g/mol. The lowest BCUT2D eigenvalue weighted by Crippen LogP contribution is -2.44. The standard InChI is InChI=1S/C25H30ClN3O5S/c1-14-10-21-18(24(30)27-14)12-29(35-21)25(31)17-11-19(26)23-22(15(17)2)34-20(13-33-23)16-4-6-28(7-5-16)8-9-32-3/h10-11,16,20H,4-9,12-13H2,1-3H3,(H,27,30). The summed E-state index contributed by atoms with van der Waals surface area (Å²) in [4.78, 5) is 31.9. The summed E-state index contributed by atoms with van der Waals surface area (Å²) in [6, 6.07) is 3.54. The number of amides is 1. The van der Waals surface area contributed by atoms with Crippen molar-refractivity contribution in [3.63, 3.8) is 0 Å². The Labute approximate surface area is 214 Å². The lowest BCUT2D eigenvalue weighted by atomic mass is 9.90. The minimum atomic E-state index is -0.206. The van der Waals surface area contributed by atoms with Gasteiger partial charge in [0.25, 0.3) is 11.5 Å². The van der Waals surface area contributed by atoms with E-state index in [1.807, 2.05) is 19.9 Å². The third-order valence-electron chi connectivity index (χ3n) is 7.07. The van der Waals surface area contributed by atoms with E-state index in [1.54, 1.807) is 17.5 Å². The fourth-order valence-corrected chi connectivity index (χ4v) is 6.37. The molecule has 3 aliphatic rings. The summed E-state index contributed by atoms with van der Waals surface area (Å²) in [6.45, 7) is 8.08. The number of methoxy groups -OCH3 is 1. The molecule has 10 heteroatoms. The molecule has 1 N–H and O–H groups in total. The molecule has 2 aromatic rings. The average Bonchev–Trinajstić information content (AvgIpc) is 3.29. The summed E-state index contributed by atoms with van der Waals surface area (Å²) in [5, 5.41) is 0.359. The Bertz CT molecular complexity index is 1190. The van der Waals surface area contributed by atoms with Gasteiger partial charge in [-0.3, -0.25) is 13.9 Å². The number of aromatic amines is 1. The van der Waals surface area contributed by atoms with Crippen molar-refractivity contribution in [2.24, 2.45) is 5.92 Å². The van der Waals surface area contributed by atoms with Crippen molar-refractivity contribution in [3.8, 4) is 11.5 Å². The topological polar surface area (TPSA) is 84.1 Å². The minimum absolute atomic E-state index is 0.0841. The Hall–Kier alpha value is -2.20. The van der Waals surface area contributed by atoms with E-state index in [0.29, 0.717) is 45.7 Å². The molecule has 1 fully saturated rings. The van der Waals surface area contributed by atoms with Crippen molar-refractivity contribution in [2.45, 2.75) is 44.2 Å². The number of halogens is 1. The molecule has 4 heterocycles. The Morgan fingerprint density at radius 3 is 2.77 bits per heavy atom. The predicted molar refractivity (Wildman–Crippen MR) is 135 cm³/mol. The van der Waals surface area contributed by atoms with Gasteiger partial charge in [0.15, 0.2) is 11.5 Å². The average molecular weight is 520 g/mol. The third-order valence-corrected chi connectivity index (χ3v) is 8.42. The highest BCUT2D eigenvalue weighted by atomic mass is 35.5. The highest BCUT2D eigenvalue weighted by Gasteiger charge is 2.36. The molecule has 5 rings (SSSR count). The first-order valence-corrected chi connectivity index (χ1v) is 13.1. The van der Waals surface area contributed by atoms with Gasteiger partial charge in [0, 0.05) is 41.3 Å². The van der Waals surface area contributed by atoms with Gasteiger partial charge in [0.05, 0.1) is 23.7 Å². The van der Waals surface area contributed by atoms with Crippen LogP contribution in [0.3, 0.4) is 0 Å².